The number of hydrogen-bond acceptors (Lipinski definition) is 3. The van der Waals surface area contributed by atoms with Gasteiger partial charge in [0.25, 0.3) is 0 Å². The van der Waals surface area contributed by atoms with Gasteiger partial charge in [-0.3, -0.25) is 0 Å². The number of hydrogen-bond donors (Lipinski definition) is 1. The van der Waals surface area contributed by atoms with E-state index in [1.165, 1.54) is 12.0 Å². The van der Waals surface area contributed by atoms with Crippen LogP contribution in [0.25, 0.3) is 0 Å². The molecule has 1 N–H and O–H groups in total. The zero-order valence-corrected chi connectivity index (χ0v) is 12.3. The largest absolute Gasteiger partial charge is 0.461 e. The highest BCUT2D eigenvalue weighted by atomic mass is 16.5. The fourth-order valence-corrected chi connectivity index (χ4v) is 3.66. The van der Waals surface area contributed by atoms with Crippen LogP contribution in [0.4, 0.5) is 5.69 Å². The van der Waals surface area contributed by atoms with E-state index in [4.69, 9.17) is 4.74 Å². The fourth-order valence-electron chi connectivity index (χ4n) is 3.66. The van der Waals surface area contributed by atoms with Crippen molar-refractivity contribution in [2.24, 2.45) is 11.8 Å². The molecule has 0 amide bonds. The molecule has 0 radical (unpaired) electrons. The topological polar surface area (TPSA) is 38.3 Å². The molecule has 3 heteroatoms. The van der Waals surface area contributed by atoms with Gasteiger partial charge in [-0.15, -0.1) is 0 Å². The summed E-state index contributed by atoms with van der Waals surface area (Å²) in [6.45, 7) is 4.50. The molecule has 1 aromatic carbocycles. The van der Waals surface area contributed by atoms with Gasteiger partial charge in [-0.1, -0.05) is 32.0 Å². The Balaban J connectivity index is 1.58. The van der Waals surface area contributed by atoms with E-state index in [2.05, 4.69) is 25.2 Å². The first kappa shape index (κ1) is 13.5. The average molecular weight is 273 g/mol. The van der Waals surface area contributed by atoms with Gasteiger partial charge in [-0.2, -0.15) is 0 Å². The van der Waals surface area contributed by atoms with Crippen LogP contribution in [0.15, 0.2) is 24.3 Å². The van der Waals surface area contributed by atoms with Crippen LogP contribution < -0.4 is 5.32 Å². The Morgan fingerprint density at radius 3 is 2.55 bits per heavy atom. The minimum absolute atomic E-state index is 0.0903. The number of carbonyl (C=O) groups is 1. The van der Waals surface area contributed by atoms with E-state index in [0.29, 0.717) is 11.8 Å². The van der Waals surface area contributed by atoms with Gasteiger partial charge in [0, 0.05) is 12.1 Å². The van der Waals surface area contributed by atoms with E-state index in [1.807, 2.05) is 18.2 Å². The van der Waals surface area contributed by atoms with E-state index < -0.39 is 0 Å². The van der Waals surface area contributed by atoms with E-state index in [0.717, 1.165) is 24.9 Å². The van der Waals surface area contributed by atoms with Crippen molar-refractivity contribution in [3.63, 3.8) is 0 Å². The minimum atomic E-state index is -0.208. The van der Waals surface area contributed by atoms with E-state index in [9.17, 15) is 4.79 Å². The van der Waals surface area contributed by atoms with Gasteiger partial charge >= 0.3 is 5.97 Å². The van der Waals surface area contributed by atoms with Crippen molar-refractivity contribution in [3.05, 3.63) is 29.8 Å². The van der Waals surface area contributed by atoms with Gasteiger partial charge in [-0.05, 0) is 42.7 Å². The Labute approximate surface area is 120 Å². The quantitative estimate of drug-likeness (QED) is 0.839. The van der Waals surface area contributed by atoms with Crippen molar-refractivity contribution in [1.29, 1.82) is 0 Å². The SMILES string of the molecule is CC1CC(C)CC(OC(=O)[C@@H]2Cc3ccccc3N2)C1. The van der Waals surface area contributed by atoms with Gasteiger partial charge in [0.2, 0.25) is 0 Å². The highest BCUT2D eigenvalue weighted by molar-refractivity contribution is 5.83. The second kappa shape index (κ2) is 5.47. The summed E-state index contributed by atoms with van der Waals surface area (Å²) in [5.74, 6) is 1.23. The van der Waals surface area contributed by atoms with Gasteiger partial charge in [0.05, 0.1) is 0 Å². The summed E-state index contributed by atoms with van der Waals surface area (Å²) in [6, 6.07) is 7.89. The maximum absolute atomic E-state index is 12.3. The first-order valence-electron chi connectivity index (χ1n) is 7.66. The van der Waals surface area contributed by atoms with Gasteiger partial charge in [0.1, 0.15) is 12.1 Å². The molecule has 2 unspecified atom stereocenters. The van der Waals surface area contributed by atoms with Crippen LogP contribution in [0.2, 0.25) is 0 Å². The number of anilines is 1. The van der Waals surface area contributed by atoms with Crippen molar-refractivity contribution in [2.45, 2.75) is 51.7 Å². The molecule has 0 saturated heterocycles. The molecule has 108 valence electrons. The summed E-state index contributed by atoms with van der Waals surface area (Å²) in [5.41, 5.74) is 2.28. The summed E-state index contributed by atoms with van der Waals surface area (Å²) in [6.07, 6.45) is 4.12. The normalized spacial score (nSPS) is 32.3. The van der Waals surface area contributed by atoms with Crippen LogP contribution in [0.5, 0.6) is 0 Å². The number of carbonyl (C=O) groups excluding carboxylic acids is 1. The van der Waals surface area contributed by atoms with Crippen molar-refractivity contribution >= 4 is 11.7 Å². The van der Waals surface area contributed by atoms with Crippen LogP contribution in [0.1, 0.15) is 38.7 Å². The van der Waals surface area contributed by atoms with Gasteiger partial charge < -0.3 is 10.1 Å². The molecule has 1 aromatic rings. The molecule has 0 spiro atoms. The molecule has 1 aliphatic heterocycles. The van der Waals surface area contributed by atoms with Gasteiger partial charge in [-0.25, -0.2) is 4.79 Å². The Kier molecular flexibility index (Phi) is 3.68. The third-order valence-electron chi connectivity index (χ3n) is 4.47. The van der Waals surface area contributed by atoms with E-state index in [1.54, 1.807) is 0 Å². The van der Waals surface area contributed by atoms with Crippen LogP contribution in [-0.2, 0) is 16.0 Å². The molecule has 1 aliphatic carbocycles. The number of nitrogens with one attached hydrogen (secondary N) is 1. The standard InChI is InChI=1S/C17H23NO2/c1-11-7-12(2)9-14(8-11)20-17(19)16-10-13-5-3-4-6-15(13)18-16/h3-6,11-12,14,16,18H,7-10H2,1-2H3/t11?,12?,14?,16-/m0/s1. The summed E-state index contributed by atoms with van der Waals surface area (Å²) in [4.78, 5) is 12.3. The lowest BCUT2D eigenvalue weighted by atomic mass is 9.82. The summed E-state index contributed by atoms with van der Waals surface area (Å²) in [5, 5.41) is 3.27. The number of fused-ring (bicyclic) bond motifs is 1. The Morgan fingerprint density at radius 2 is 1.85 bits per heavy atom. The van der Waals surface area contributed by atoms with E-state index in [-0.39, 0.29) is 18.1 Å². The molecule has 1 heterocycles. The maximum Gasteiger partial charge on any atom is 0.329 e. The summed E-state index contributed by atoms with van der Waals surface area (Å²) < 4.78 is 5.75. The fraction of sp³-hybridized carbons (Fsp3) is 0.588. The molecule has 2 aliphatic rings. The molecule has 0 aromatic heterocycles. The zero-order chi connectivity index (χ0) is 14.1. The van der Waals surface area contributed by atoms with Gasteiger partial charge in [0.15, 0.2) is 0 Å². The second-order valence-electron chi connectivity index (χ2n) is 6.53. The number of benzene rings is 1. The lowest BCUT2D eigenvalue weighted by Crippen LogP contribution is -2.35. The Morgan fingerprint density at radius 1 is 1.15 bits per heavy atom. The van der Waals surface area contributed by atoms with Crippen LogP contribution in [0, 0.1) is 11.8 Å². The first-order chi connectivity index (χ1) is 9.61. The molecule has 1 fully saturated rings. The molecule has 0 bridgehead atoms. The lowest BCUT2D eigenvalue weighted by Gasteiger charge is -2.31. The smallest absolute Gasteiger partial charge is 0.329 e. The monoisotopic (exact) mass is 273 g/mol. The zero-order valence-electron chi connectivity index (χ0n) is 12.3. The number of esters is 1. The predicted octanol–water partition coefficient (Wildman–Crippen LogP) is 3.39. The molecule has 1 saturated carbocycles. The van der Waals surface area contributed by atoms with E-state index >= 15 is 0 Å². The van der Waals surface area contributed by atoms with Crippen LogP contribution in [0.3, 0.4) is 0 Å². The van der Waals surface area contributed by atoms with Crippen molar-refractivity contribution in [3.8, 4) is 0 Å². The number of ether oxygens (including phenoxy) is 1. The van der Waals surface area contributed by atoms with Crippen molar-refractivity contribution in [2.75, 3.05) is 5.32 Å². The molecular weight excluding hydrogens is 250 g/mol. The number of rotatable bonds is 2. The Hall–Kier alpha value is -1.51. The highest BCUT2D eigenvalue weighted by Gasteiger charge is 2.32. The third-order valence-corrected chi connectivity index (χ3v) is 4.47. The first-order valence-corrected chi connectivity index (χ1v) is 7.66. The van der Waals surface area contributed by atoms with Crippen molar-refractivity contribution < 1.29 is 9.53 Å². The third kappa shape index (κ3) is 2.82. The molecule has 20 heavy (non-hydrogen) atoms. The Bertz CT molecular complexity index is 465. The number of para-hydroxylation sites is 1. The molecular formula is C17H23NO2. The molecule has 3 rings (SSSR count). The second-order valence-corrected chi connectivity index (χ2v) is 6.53. The minimum Gasteiger partial charge on any atom is -0.461 e. The summed E-state index contributed by atoms with van der Waals surface area (Å²) >= 11 is 0. The lowest BCUT2D eigenvalue weighted by molar-refractivity contribution is -0.152. The highest BCUT2D eigenvalue weighted by Crippen LogP contribution is 2.31. The van der Waals surface area contributed by atoms with Crippen LogP contribution >= 0.6 is 0 Å². The molecule has 3 nitrogen and oxygen atoms in total. The van der Waals surface area contributed by atoms with Crippen molar-refractivity contribution in [1.82, 2.24) is 0 Å². The summed E-state index contributed by atoms with van der Waals surface area (Å²) in [7, 11) is 0. The van der Waals surface area contributed by atoms with Crippen LogP contribution in [-0.4, -0.2) is 18.1 Å². The predicted molar refractivity (Wildman–Crippen MR) is 79.6 cm³/mol. The average Bonchev–Trinajstić information content (AvgIpc) is 2.81. The molecule has 3 atom stereocenters. The maximum atomic E-state index is 12.3.